The number of hydrogen-bond donors (Lipinski definition) is 1. The van der Waals surface area contributed by atoms with E-state index in [1.54, 1.807) is 18.2 Å². The molecule has 1 unspecified atom stereocenters. The van der Waals surface area contributed by atoms with Gasteiger partial charge in [0, 0.05) is 11.8 Å². The van der Waals surface area contributed by atoms with E-state index in [0.717, 1.165) is 12.1 Å². The van der Waals surface area contributed by atoms with Crippen LogP contribution in [0.25, 0.3) is 0 Å². The van der Waals surface area contributed by atoms with Gasteiger partial charge in [0.05, 0.1) is 17.8 Å². The van der Waals surface area contributed by atoms with Crippen LogP contribution in [0.15, 0.2) is 47.4 Å². The van der Waals surface area contributed by atoms with Crippen molar-refractivity contribution >= 4 is 22.7 Å². The van der Waals surface area contributed by atoms with Crippen molar-refractivity contribution in [2.75, 3.05) is 23.2 Å². The van der Waals surface area contributed by atoms with Crippen LogP contribution in [0.5, 0.6) is 5.75 Å². The monoisotopic (exact) mass is 342 g/mol. The fourth-order valence-electron chi connectivity index (χ4n) is 2.26. The molecule has 0 fully saturated rings. The summed E-state index contributed by atoms with van der Waals surface area (Å²) < 4.78 is 57.7. The molecule has 1 aliphatic heterocycles. The molecule has 0 aromatic heterocycles. The number of anilines is 2. The van der Waals surface area contributed by atoms with Crippen LogP contribution in [0.2, 0.25) is 0 Å². The van der Waals surface area contributed by atoms with Gasteiger partial charge in [0.1, 0.15) is 18.0 Å². The lowest BCUT2D eigenvalue weighted by Gasteiger charge is -2.23. The van der Waals surface area contributed by atoms with Gasteiger partial charge in [-0.05, 0) is 36.4 Å². The Balaban J connectivity index is 1.93. The van der Waals surface area contributed by atoms with E-state index in [-0.39, 0.29) is 13.2 Å². The molecule has 0 spiro atoms. The number of alkyl halides is 3. The lowest BCUT2D eigenvalue weighted by atomic mass is 10.2. The highest BCUT2D eigenvalue weighted by atomic mass is 32.2. The van der Waals surface area contributed by atoms with Gasteiger partial charge in [0.2, 0.25) is 4.90 Å². The molecule has 3 rings (SSSR count). The second kappa shape index (κ2) is 5.86. The van der Waals surface area contributed by atoms with Gasteiger partial charge in [-0.1, -0.05) is 0 Å². The predicted octanol–water partition coefficient (Wildman–Crippen LogP) is 3.21. The fraction of sp³-hybridized carbons (Fsp3) is 0.200. The molecule has 2 aromatic rings. The minimum absolute atomic E-state index is 0.268. The number of hydrogen-bond acceptors (Lipinski definition) is 4. The fourth-order valence-corrected chi connectivity index (χ4v) is 3.59. The van der Waals surface area contributed by atoms with Gasteiger partial charge < -0.3 is 15.0 Å². The number of nitrogen functional groups attached to an aromatic ring is 1. The van der Waals surface area contributed by atoms with Gasteiger partial charge in [-0.2, -0.15) is 17.5 Å². The first-order valence-corrected chi connectivity index (χ1v) is 7.86. The Morgan fingerprint density at radius 2 is 1.83 bits per heavy atom. The van der Waals surface area contributed by atoms with Crippen molar-refractivity contribution in [1.29, 1.82) is 0 Å². The molecule has 4 nitrogen and oxygen atoms in total. The molecule has 0 amide bonds. The highest BCUT2D eigenvalue weighted by Crippen LogP contribution is 2.35. The molecular formula is C15H13F3N2O2S. The molecule has 1 atom stereocenters. The Labute approximate surface area is 134 Å². The number of rotatable bonds is 1. The van der Waals surface area contributed by atoms with E-state index >= 15 is 0 Å². The van der Waals surface area contributed by atoms with Crippen molar-refractivity contribution in [1.82, 2.24) is 0 Å². The molecule has 2 aromatic carbocycles. The van der Waals surface area contributed by atoms with E-state index in [1.807, 2.05) is 0 Å². The van der Waals surface area contributed by atoms with E-state index < -0.39 is 23.1 Å². The van der Waals surface area contributed by atoms with E-state index in [1.165, 1.54) is 16.4 Å². The van der Waals surface area contributed by atoms with Crippen LogP contribution < -0.4 is 14.8 Å². The lowest BCUT2D eigenvalue weighted by molar-refractivity contribution is -0.137. The maximum atomic E-state index is 12.8. The molecule has 23 heavy (non-hydrogen) atoms. The molecule has 0 aliphatic carbocycles. The summed E-state index contributed by atoms with van der Waals surface area (Å²) >= 11 is -1.61. The number of fused-ring (bicyclic) bond motifs is 1. The summed E-state index contributed by atoms with van der Waals surface area (Å²) in [6.45, 7) is 0.552. The Morgan fingerprint density at radius 3 is 2.48 bits per heavy atom. The van der Waals surface area contributed by atoms with Crippen LogP contribution in [-0.2, 0) is 17.5 Å². The number of nitrogens with zero attached hydrogens (tertiary/aromatic N) is 1. The van der Waals surface area contributed by atoms with Gasteiger partial charge in [-0.15, -0.1) is 0 Å². The maximum Gasteiger partial charge on any atom is 0.416 e. The summed E-state index contributed by atoms with van der Waals surface area (Å²) in [4.78, 5) is 0.405. The highest BCUT2D eigenvalue weighted by molar-refractivity contribution is 7.93. The number of nitrogens with two attached hydrogens (primary N) is 1. The van der Waals surface area contributed by atoms with Crippen molar-refractivity contribution in [3.05, 3.63) is 48.0 Å². The molecule has 0 bridgehead atoms. The molecule has 8 heteroatoms. The van der Waals surface area contributed by atoms with Crippen molar-refractivity contribution < 1.29 is 22.5 Å². The van der Waals surface area contributed by atoms with E-state index in [9.17, 15) is 17.7 Å². The van der Waals surface area contributed by atoms with Gasteiger partial charge in [-0.25, -0.2) is 0 Å². The first-order chi connectivity index (χ1) is 10.9. The SMILES string of the molecule is Nc1ccc2c(c1)[S+]([O-])N(c1ccc(C(F)(F)F)cc1)CCO2. The molecule has 1 aliphatic rings. The second-order valence-electron chi connectivity index (χ2n) is 4.95. The highest BCUT2D eigenvalue weighted by Gasteiger charge is 2.33. The Bertz CT molecular complexity index is 707. The van der Waals surface area contributed by atoms with Gasteiger partial charge >= 0.3 is 6.18 Å². The first-order valence-electron chi connectivity index (χ1n) is 6.75. The summed E-state index contributed by atoms with van der Waals surface area (Å²) in [6, 6.07) is 9.38. The average Bonchev–Trinajstić information content (AvgIpc) is 2.66. The minimum atomic E-state index is -4.40. The van der Waals surface area contributed by atoms with Crippen LogP contribution in [0.1, 0.15) is 5.56 Å². The standard InChI is InChI=1S/C15H13F3N2O2S/c16-15(17,18)10-1-4-12(5-2-10)20-7-8-22-13-6-3-11(19)9-14(13)23(20)21/h1-6,9H,7-8,19H2. The largest absolute Gasteiger partial charge is 0.588 e. The number of benzene rings is 2. The van der Waals surface area contributed by atoms with Crippen LogP contribution in [0, 0.1) is 0 Å². The maximum absolute atomic E-state index is 12.8. The third-order valence-electron chi connectivity index (χ3n) is 3.39. The number of ether oxygens (including phenoxy) is 1. The lowest BCUT2D eigenvalue weighted by Crippen LogP contribution is -2.32. The molecule has 0 saturated heterocycles. The zero-order valence-corrected chi connectivity index (χ0v) is 12.7. The summed E-state index contributed by atoms with van der Waals surface area (Å²) in [7, 11) is 0. The molecule has 122 valence electrons. The van der Waals surface area contributed by atoms with Crippen LogP contribution in [0.3, 0.4) is 0 Å². The quantitative estimate of drug-likeness (QED) is 0.639. The van der Waals surface area contributed by atoms with E-state index in [4.69, 9.17) is 10.5 Å². The third kappa shape index (κ3) is 3.18. The molecule has 2 N–H and O–H groups in total. The average molecular weight is 342 g/mol. The van der Waals surface area contributed by atoms with Crippen molar-refractivity contribution in [3.8, 4) is 5.75 Å². The molecule has 1 heterocycles. The van der Waals surface area contributed by atoms with Gasteiger partial charge in [0.15, 0.2) is 5.75 Å². The molecular weight excluding hydrogens is 329 g/mol. The first kappa shape index (κ1) is 15.8. The Morgan fingerprint density at radius 1 is 1.13 bits per heavy atom. The second-order valence-corrected chi connectivity index (χ2v) is 6.33. The summed E-state index contributed by atoms with van der Waals surface area (Å²) in [5.41, 5.74) is 5.83. The third-order valence-corrected chi connectivity index (χ3v) is 4.88. The van der Waals surface area contributed by atoms with E-state index in [2.05, 4.69) is 0 Å². The minimum Gasteiger partial charge on any atom is -0.588 e. The van der Waals surface area contributed by atoms with Crippen LogP contribution in [0.4, 0.5) is 24.5 Å². The predicted molar refractivity (Wildman–Crippen MR) is 81.5 cm³/mol. The van der Waals surface area contributed by atoms with E-state index in [0.29, 0.717) is 22.0 Å². The van der Waals surface area contributed by atoms with Crippen molar-refractivity contribution in [2.45, 2.75) is 11.1 Å². The Kier molecular flexibility index (Phi) is 4.03. The van der Waals surface area contributed by atoms with Crippen LogP contribution in [-0.4, -0.2) is 17.7 Å². The zero-order valence-electron chi connectivity index (χ0n) is 11.8. The topological polar surface area (TPSA) is 61.5 Å². The normalized spacial score (nSPS) is 18.1. The smallest absolute Gasteiger partial charge is 0.416 e. The van der Waals surface area contributed by atoms with Gasteiger partial charge in [0.25, 0.3) is 0 Å². The van der Waals surface area contributed by atoms with Crippen molar-refractivity contribution in [2.24, 2.45) is 0 Å². The van der Waals surface area contributed by atoms with Crippen molar-refractivity contribution in [3.63, 3.8) is 0 Å². The summed E-state index contributed by atoms with van der Waals surface area (Å²) in [5, 5.41) is 0. The Hall–Kier alpha value is -2.06. The molecule has 0 radical (unpaired) electrons. The zero-order chi connectivity index (χ0) is 16.6. The molecule has 0 saturated carbocycles. The summed E-state index contributed by atoms with van der Waals surface area (Å²) in [5.74, 6) is 0.465. The van der Waals surface area contributed by atoms with Gasteiger partial charge in [-0.3, -0.25) is 0 Å². The number of halogens is 3. The summed E-state index contributed by atoms with van der Waals surface area (Å²) in [6.07, 6.45) is -4.40. The van der Waals surface area contributed by atoms with Crippen LogP contribution >= 0.6 is 0 Å².